The molecule has 2 aliphatic heterocycles. The second-order valence-corrected chi connectivity index (χ2v) is 10.0. The summed E-state index contributed by atoms with van der Waals surface area (Å²) in [6, 6.07) is 5.76. The van der Waals surface area contributed by atoms with Crippen molar-refractivity contribution >= 4 is 27.5 Å². The molecule has 0 saturated carbocycles. The number of primary sulfonamides is 1. The Kier molecular flexibility index (Phi) is 7.68. The number of amides is 2. The minimum Gasteiger partial charge on any atom is -0.372 e. The third kappa shape index (κ3) is 6.73. The lowest BCUT2D eigenvalue weighted by Crippen LogP contribution is -2.51. The SMILES string of the molecule is CC1CN(C(=O)C2CCN(CCC(=O)Nc3ccc(S(N)(=O)=O)cc3)CC2)CC(C)O1. The molecule has 172 valence electrons. The number of nitrogens with two attached hydrogens (primary N) is 1. The molecular formula is C21H32N4O5S. The Labute approximate surface area is 184 Å². The Morgan fingerprint density at radius 1 is 1.10 bits per heavy atom. The first kappa shape index (κ1) is 23.6. The van der Waals surface area contributed by atoms with Crippen LogP contribution in [0.25, 0.3) is 0 Å². The number of sulfonamides is 1. The average Bonchev–Trinajstić information content (AvgIpc) is 2.71. The number of carbonyl (C=O) groups is 2. The fourth-order valence-corrected chi connectivity index (χ4v) is 4.75. The van der Waals surface area contributed by atoms with Crippen LogP contribution in [0.3, 0.4) is 0 Å². The molecule has 0 aromatic heterocycles. The fraction of sp³-hybridized carbons (Fsp3) is 0.619. The van der Waals surface area contributed by atoms with E-state index in [0.29, 0.717) is 31.7 Å². The summed E-state index contributed by atoms with van der Waals surface area (Å²) in [4.78, 5) is 29.2. The molecule has 0 bridgehead atoms. The number of piperidine rings is 1. The highest BCUT2D eigenvalue weighted by Crippen LogP contribution is 2.22. The van der Waals surface area contributed by atoms with Gasteiger partial charge >= 0.3 is 0 Å². The number of anilines is 1. The number of rotatable bonds is 6. The highest BCUT2D eigenvalue weighted by atomic mass is 32.2. The summed E-state index contributed by atoms with van der Waals surface area (Å²) in [6.45, 7) is 7.51. The zero-order valence-corrected chi connectivity index (χ0v) is 18.9. The summed E-state index contributed by atoms with van der Waals surface area (Å²) in [7, 11) is -3.75. The zero-order chi connectivity index (χ0) is 22.6. The van der Waals surface area contributed by atoms with Crippen molar-refractivity contribution in [2.24, 2.45) is 11.1 Å². The standard InChI is InChI=1S/C21H32N4O5S/c1-15-13-25(14-16(2)30-15)21(27)17-7-10-24(11-8-17)12-9-20(26)23-18-3-5-19(6-4-18)31(22,28)29/h3-6,15-17H,7-14H2,1-2H3,(H,23,26)(H2,22,28,29). The van der Waals surface area contributed by atoms with E-state index < -0.39 is 10.0 Å². The van der Waals surface area contributed by atoms with Crippen LogP contribution in [-0.4, -0.2) is 75.0 Å². The van der Waals surface area contributed by atoms with E-state index in [1.54, 1.807) is 0 Å². The van der Waals surface area contributed by atoms with Gasteiger partial charge in [0.15, 0.2) is 0 Å². The molecule has 2 heterocycles. The first-order valence-corrected chi connectivity index (χ1v) is 12.3. The van der Waals surface area contributed by atoms with Crippen LogP contribution in [0, 0.1) is 5.92 Å². The average molecular weight is 453 g/mol. The summed E-state index contributed by atoms with van der Waals surface area (Å²) in [5, 5.41) is 7.84. The van der Waals surface area contributed by atoms with Crippen molar-refractivity contribution < 1.29 is 22.7 Å². The number of likely N-dealkylation sites (tertiary alicyclic amines) is 1. The number of morpholine rings is 1. The molecule has 0 aliphatic carbocycles. The van der Waals surface area contributed by atoms with Gasteiger partial charge in [0.05, 0.1) is 17.1 Å². The molecule has 3 N–H and O–H groups in total. The fourth-order valence-electron chi connectivity index (χ4n) is 4.23. The van der Waals surface area contributed by atoms with Crippen LogP contribution >= 0.6 is 0 Å². The van der Waals surface area contributed by atoms with E-state index in [2.05, 4.69) is 10.2 Å². The van der Waals surface area contributed by atoms with Crippen molar-refractivity contribution in [2.45, 2.75) is 50.2 Å². The highest BCUT2D eigenvalue weighted by Gasteiger charge is 2.32. The highest BCUT2D eigenvalue weighted by molar-refractivity contribution is 7.89. The lowest BCUT2D eigenvalue weighted by Gasteiger charge is -2.39. The lowest BCUT2D eigenvalue weighted by atomic mass is 9.94. The maximum Gasteiger partial charge on any atom is 0.238 e. The molecule has 0 spiro atoms. The molecule has 1 aromatic rings. The molecule has 2 unspecified atom stereocenters. The van der Waals surface area contributed by atoms with Crippen molar-refractivity contribution in [2.75, 3.05) is 38.0 Å². The van der Waals surface area contributed by atoms with Crippen LogP contribution < -0.4 is 10.5 Å². The van der Waals surface area contributed by atoms with Crippen LogP contribution in [-0.2, 0) is 24.3 Å². The number of carbonyl (C=O) groups excluding carboxylic acids is 2. The first-order valence-electron chi connectivity index (χ1n) is 10.7. The Morgan fingerprint density at radius 2 is 1.68 bits per heavy atom. The second kappa shape index (κ2) is 10.1. The van der Waals surface area contributed by atoms with E-state index in [9.17, 15) is 18.0 Å². The third-order valence-corrected chi connectivity index (χ3v) is 6.72. The predicted octanol–water partition coefficient (Wildman–Crippen LogP) is 1.01. The molecule has 10 heteroatoms. The van der Waals surface area contributed by atoms with Gasteiger partial charge in [0.2, 0.25) is 21.8 Å². The largest absolute Gasteiger partial charge is 0.372 e. The summed E-state index contributed by atoms with van der Waals surface area (Å²) in [5.74, 6) is 0.125. The number of nitrogens with zero attached hydrogens (tertiary/aromatic N) is 2. The van der Waals surface area contributed by atoms with Gasteiger partial charge in [0.25, 0.3) is 0 Å². The predicted molar refractivity (Wildman–Crippen MR) is 117 cm³/mol. The second-order valence-electron chi connectivity index (χ2n) is 8.48. The maximum atomic E-state index is 12.8. The molecule has 0 radical (unpaired) electrons. The van der Waals surface area contributed by atoms with E-state index in [1.165, 1.54) is 24.3 Å². The molecule has 2 fully saturated rings. The molecule has 2 aliphatic rings. The Bertz CT molecular complexity index is 872. The number of ether oxygens (including phenoxy) is 1. The monoisotopic (exact) mass is 452 g/mol. The maximum absolute atomic E-state index is 12.8. The van der Waals surface area contributed by atoms with Crippen molar-refractivity contribution in [3.05, 3.63) is 24.3 Å². The van der Waals surface area contributed by atoms with Crippen molar-refractivity contribution in [3.8, 4) is 0 Å². The summed E-state index contributed by atoms with van der Waals surface area (Å²) < 4.78 is 28.3. The smallest absolute Gasteiger partial charge is 0.238 e. The van der Waals surface area contributed by atoms with E-state index in [1.807, 2.05) is 18.7 Å². The Balaban J connectivity index is 1.40. The molecule has 2 amide bonds. The van der Waals surface area contributed by atoms with E-state index in [0.717, 1.165) is 25.9 Å². The number of hydrogen-bond acceptors (Lipinski definition) is 6. The van der Waals surface area contributed by atoms with Crippen molar-refractivity contribution in [1.82, 2.24) is 9.80 Å². The summed E-state index contributed by atoms with van der Waals surface area (Å²) in [5.41, 5.74) is 0.524. The number of nitrogens with one attached hydrogen (secondary N) is 1. The van der Waals surface area contributed by atoms with Crippen molar-refractivity contribution in [1.29, 1.82) is 0 Å². The number of hydrogen-bond donors (Lipinski definition) is 2. The van der Waals surface area contributed by atoms with Gasteiger partial charge in [0, 0.05) is 37.7 Å². The van der Waals surface area contributed by atoms with Gasteiger partial charge in [-0.1, -0.05) is 0 Å². The van der Waals surface area contributed by atoms with Gasteiger partial charge < -0.3 is 19.9 Å². The molecule has 9 nitrogen and oxygen atoms in total. The normalized spacial score (nSPS) is 23.5. The van der Waals surface area contributed by atoms with E-state index in [-0.39, 0.29) is 34.8 Å². The minimum atomic E-state index is -3.75. The molecule has 1 aromatic carbocycles. The third-order valence-electron chi connectivity index (χ3n) is 5.79. The topological polar surface area (TPSA) is 122 Å². The van der Waals surface area contributed by atoms with Crippen LogP contribution in [0.4, 0.5) is 5.69 Å². The summed E-state index contributed by atoms with van der Waals surface area (Å²) in [6.07, 6.45) is 2.07. The zero-order valence-electron chi connectivity index (χ0n) is 18.1. The van der Waals surface area contributed by atoms with E-state index in [4.69, 9.17) is 9.88 Å². The Hall–Kier alpha value is -2.01. The molecule has 3 rings (SSSR count). The van der Waals surface area contributed by atoms with Gasteiger partial charge in [0.1, 0.15) is 0 Å². The lowest BCUT2D eigenvalue weighted by molar-refractivity contribution is -0.149. The van der Waals surface area contributed by atoms with Crippen LogP contribution in [0.5, 0.6) is 0 Å². The minimum absolute atomic E-state index is 0.00362. The number of benzene rings is 1. The summed E-state index contributed by atoms with van der Waals surface area (Å²) >= 11 is 0. The van der Waals surface area contributed by atoms with Gasteiger partial charge in [-0.05, 0) is 64.0 Å². The Morgan fingerprint density at radius 3 is 2.23 bits per heavy atom. The first-order chi connectivity index (χ1) is 14.6. The van der Waals surface area contributed by atoms with Gasteiger partial charge in [-0.25, -0.2) is 13.6 Å². The van der Waals surface area contributed by atoms with Gasteiger partial charge in [-0.2, -0.15) is 0 Å². The molecule has 2 saturated heterocycles. The van der Waals surface area contributed by atoms with Crippen LogP contribution in [0.15, 0.2) is 29.2 Å². The molecule has 2 atom stereocenters. The van der Waals surface area contributed by atoms with E-state index >= 15 is 0 Å². The quantitative estimate of drug-likeness (QED) is 0.664. The van der Waals surface area contributed by atoms with Crippen LogP contribution in [0.2, 0.25) is 0 Å². The van der Waals surface area contributed by atoms with Gasteiger partial charge in [-0.15, -0.1) is 0 Å². The molecular weight excluding hydrogens is 420 g/mol. The molecule has 31 heavy (non-hydrogen) atoms. The van der Waals surface area contributed by atoms with Crippen molar-refractivity contribution in [3.63, 3.8) is 0 Å². The van der Waals surface area contributed by atoms with Crippen LogP contribution in [0.1, 0.15) is 33.1 Å². The van der Waals surface area contributed by atoms with Gasteiger partial charge in [-0.3, -0.25) is 9.59 Å².